The number of dihydropyridines is 1. The Kier molecular flexibility index (Phi) is 5.52. The van der Waals surface area contributed by atoms with E-state index >= 15 is 0 Å². The molecule has 2 atom stereocenters. The SMILES string of the molecule is COC(=O)C1=C(C)NC2=C(C(=O)C[C@@H](c3cccc(OC)c3)C2)[C@H]1c1ccc(C)s1. The second-order valence-corrected chi connectivity index (χ2v) is 9.05. The molecule has 2 aromatic rings. The fourth-order valence-electron chi connectivity index (χ4n) is 4.44. The molecule has 0 saturated heterocycles. The van der Waals surface area contributed by atoms with E-state index in [2.05, 4.69) is 5.32 Å². The summed E-state index contributed by atoms with van der Waals surface area (Å²) in [6.45, 7) is 3.91. The molecule has 2 aliphatic rings. The number of nitrogens with one attached hydrogen (secondary N) is 1. The number of rotatable bonds is 4. The van der Waals surface area contributed by atoms with Crippen LogP contribution in [0.3, 0.4) is 0 Å². The van der Waals surface area contributed by atoms with Crippen LogP contribution in [0.15, 0.2) is 58.9 Å². The third kappa shape index (κ3) is 3.56. The molecule has 5 nitrogen and oxygen atoms in total. The summed E-state index contributed by atoms with van der Waals surface area (Å²) in [6.07, 6.45) is 1.11. The monoisotopic (exact) mass is 423 g/mol. The molecule has 1 aliphatic carbocycles. The molecule has 1 aromatic carbocycles. The molecule has 0 spiro atoms. The third-order valence-corrected chi connectivity index (χ3v) is 6.91. The van der Waals surface area contributed by atoms with Crippen molar-refractivity contribution in [3.63, 3.8) is 0 Å². The summed E-state index contributed by atoms with van der Waals surface area (Å²) >= 11 is 1.62. The normalized spacial score (nSPS) is 21.3. The van der Waals surface area contributed by atoms with Gasteiger partial charge in [0.15, 0.2) is 5.78 Å². The largest absolute Gasteiger partial charge is 0.497 e. The van der Waals surface area contributed by atoms with E-state index in [0.717, 1.165) is 32.5 Å². The van der Waals surface area contributed by atoms with Gasteiger partial charge >= 0.3 is 5.97 Å². The Morgan fingerprint density at radius 2 is 1.93 bits per heavy atom. The smallest absolute Gasteiger partial charge is 0.336 e. The summed E-state index contributed by atoms with van der Waals surface area (Å²) in [5.41, 5.74) is 3.95. The molecule has 0 amide bonds. The summed E-state index contributed by atoms with van der Waals surface area (Å²) in [5, 5.41) is 3.36. The van der Waals surface area contributed by atoms with Gasteiger partial charge in [0.25, 0.3) is 0 Å². The molecule has 30 heavy (non-hydrogen) atoms. The van der Waals surface area contributed by atoms with Crippen LogP contribution in [-0.4, -0.2) is 26.0 Å². The molecule has 0 radical (unpaired) electrons. The Morgan fingerprint density at radius 3 is 2.60 bits per heavy atom. The maximum atomic E-state index is 13.4. The molecule has 0 bridgehead atoms. The molecule has 2 heterocycles. The Balaban J connectivity index is 1.78. The molecule has 0 unspecified atom stereocenters. The van der Waals surface area contributed by atoms with Crippen LogP contribution in [0, 0.1) is 6.92 Å². The van der Waals surface area contributed by atoms with Gasteiger partial charge in [-0.1, -0.05) is 12.1 Å². The second-order valence-electron chi connectivity index (χ2n) is 7.73. The predicted octanol–water partition coefficient (Wildman–Crippen LogP) is 4.60. The number of benzene rings is 1. The quantitative estimate of drug-likeness (QED) is 0.728. The number of Topliss-reactive ketones (excluding diaryl/α,β-unsaturated/α-hetero) is 1. The van der Waals surface area contributed by atoms with Gasteiger partial charge in [0.1, 0.15) is 5.75 Å². The molecule has 1 aromatic heterocycles. The van der Waals surface area contributed by atoms with Gasteiger partial charge in [-0.3, -0.25) is 4.79 Å². The zero-order chi connectivity index (χ0) is 21.4. The molecular weight excluding hydrogens is 398 g/mol. The lowest BCUT2D eigenvalue weighted by Crippen LogP contribution is -2.35. The predicted molar refractivity (Wildman–Crippen MR) is 117 cm³/mol. The fourth-order valence-corrected chi connectivity index (χ4v) is 5.44. The summed E-state index contributed by atoms with van der Waals surface area (Å²) in [4.78, 5) is 28.2. The molecule has 1 N–H and O–H groups in total. The van der Waals surface area contributed by atoms with Crippen molar-refractivity contribution in [3.05, 3.63) is 74.3 Å². The van der Waals surface area contributed by atoms with Crippen LogP contribution in [0.5, 0.6) is 5.75 Å². The summed E-state index contributed by atoms with van der Waals surface area (Å²) in [5.74, 6) is 0.141. The van der Waals surface area contributed by atoms with Gasteiger partial charge in [-0.2, -0.15) is 0 Å². The van der Waals surface area contributed by atoms with E-state index in [-0.39, 0.29) is 17.6 Å². The van der Waals surface area contributed by atoms with Crippen LogP contribution in [0.2, 0.25) is 0 Å². The number of carbonyl (C=O) groups excluding carboxylic acids is 2. The van der Waals surface area contributed by atoms with E-state index < -0.39 is 5.97 Å². The van der Waals surface area contributed by atoms with Gasteiger partial charge in [-0.25, -0.2) is 4.79 Å². The summed E-state index contributed by atoms with van der Waals surface area (Å²) < 4.78 is 10.4. The van der Waals surface area contributed by atoms with Gasteiger partial charge in [0.2, 0.25) is 0 Å². The van der Waals surface area contributed by atoms with E-state index in [4.69, 9.17) is 9.47 Å². The first-order valence-electron chi connectivity index (χ1n) is 9.95. The van der Waals surface area contributed by atoms with Crippen molar-refractivity contribution in [1.82, 2.24) is 5.32 Å². The van der Waals surface area contributed by atoms with E-state index in [1.165, 1.54) is 7.11 Å². The molecule has 156 valence electrons. The van der Waals surface area contributed by atoms with Crippen molar-refractivity contribution >= 4 is 23.1 Å². The molecule has 0 fully saturated rings. The highest BCUT2D eigenvalue weighted by Gasteiger charge is 2.41. The third-order valence-electron chi connectivity index (χ3n) is 5.84. The fraction of sp³-hybridized carbons (Fsp3) is 0.333. The van der Waals surface area contributed by atoms with E-state index in [9.17, 15) is 9.59 Å². The van der Waals surface area contributed by atoms with Crippen LogP contribution in [-0.2, 0) is 14.3 Å². The number of ether oxygens (including phenoxy) is 2. The summed E-state index contributed by atoms with van der Waals surface area (Å²) in [7, 11) is 3.02. The lowest BCUT2D eigenvalue weighted by Gasteiger charge is -2.36. The van der Waals surface area contributed by atoms with Crippen molar-refractivity contribution in [3.8, 4) is 5.75 Å². The number of allylic oxidation sites excluding steroid dienone is 3. The maximum Gasteiger partial charge on any atom is 0.336 e. The maximum absolute atomic E-state index is 13.4. The van der Waals surface area contributed by atoms with Crippen molar-refractivity contribution in [2.24, 2.45) is 0 Å². The lowest BCUT2D eigenvalue weighted by molar-refractivity contribution is -0.136. The molecule has 6 heteroatoms. The zero-order valence-corrected chi connectivity index (χ0v) is 18.4. The minimum Gasteiger partial charge on any atom is -0.497 e. The van der Waals surface area contributed by atoms with Gasteiger partial charge in [0, 0.05) is 33.1 Å². The highest BCUT2D eigenvalue weighted by Crippen LogP contribution is 2.47. The van der Waals surface area contributed by atoms with Crippen molar-refractivity contribution in [2.75, 3.05) is 14.2 Å². The Bertz CT molecular complexity index is 1080. The van der Waals surface area contributed by atoms with E-state index in [1.54, 1.807) is 18.4 Å². The standard InChI is InChI=1S/C24H25NO4S/c1-13-8-9-20(30-13)23-21(24(27)29-4)14(2)25-18-11-16(12-19(26)22(18)23)15-6-5-7-17(10-15)28-3/h5-10,16,23,25H,11-12H2,1-4H3/t16-,23-/m0/s1. The van der Waals surface area contributed by atoms with Crippen LogP contribution in [0.25, 0.3) is 0 Å². The first-order chi connectivity index (χ1) is 14.4. The number of carbonyl (C=O) groups is 2. The van der Waals surface area contributed by atoms with Gasteiger partial charge in [-0.05, 0) is 56.0 Å². The van der Waals surface area contributed by atoms with Gasteiger partial charge in [0.05, 0.1) is 25.7 Å². The highest BCUT2D eigenvalue weighted by molar-refractivity contribution is 7.12. The minimum atomic E-state index is -0.398. The molecule has 1 aliphatic heterocycles. The number of methoxy groups -OCH3 is 2. The van der Waals surface area contributed by atoms with Crippen LogP contribution in [0.4, 0.5) is 0 Å². The van der Waals surface area contributed by atoms with Crippen LogP contribution < -0.4 is 10.1 Å². The Labute approximate surface area is 180 Å². The Hall–Kier alpha value is -2.86. The first-order valence-corrected chi connectivity index (χ1v) is 10.8. The van der Waals surface area contributed by atoms with Crippen LogP contribution >= 0.6 is 11.3 Å². The molecule has 0 saturated carbocycles. The zero-order valence-electron chi connectivity index (χ0n) is 17.6. The van der Waals surface area contributed by atoms with Gasteiger partial charge < -0.3 is 14.8 Å². The van der Waals surface area contributed by atoms with Gasteiger partial charge in [-0.15, -0.1) is 11.3 Å². The molecule has 4 rings (SSSR count). The van der Waals surface area contributed by atoms with E-state index in [1.807, 2.05) is 50.2 Å². The highest BCUT2D eigenvalue weighted by atomic mass is 32.1. The average Bonchev–Trinajstić information content (AvgIpc) is 3.18. The first kappa shape index (κ1) is 20.4. The van der Waals surface area contributed by atoms with Crippen molar-refractivity contribution in [1.29, 1.82) is 0 Å². The number of thiophene rings is 1. The molecular formula is C24H25NO4S. The number of aryl methyl sites for hydroxylation is 1. The van der Waals surface area contributed by atoms with Crippen LogP contribution in [0.1, 0.15) is 46.9 Å². The van der Waals surface area contributed by atoms with Crippen molar-refractivity contribution in [2.45, 2.75) is 38.5 Å². The topological polar surface area (TPSA) is 64.6 Å². The second kappa shape index (κ2) is 8.11. The average molecular weight is 424 g/mol. The lowest BCUT2D eigenvalue weighted by atomic mass is 9.73. The number of hydrogen-bond acceptors (Lipinski definition) is 6. The minimum absolute atomic E-state index is 0.0667. The van der Waals surface area contributed by atoms with Crippen molar-refractivity contribution < 1.29 is 19.1 Å². The summed E-state index contributed by atoms with van der Waals surface area (Å²) in [6, 6.07) is 11.9. The number of hydrogen-bond donors (Lipinski definition) is 1. The van der Waals surface area contributed by atoms with E-state index in [0.29, 0.717) is 24.0 Å². The Morgan fingerprint density at radius 1 is 1.13 bits per heavy atom. The number of ketones is 1. The number of esters is 1.